The number of halogens is 2. The van der Waals surface area contributed by atoms with Gasteiger partial charge in [0.25, 0.3) is 0 Å². The van der Waals surface area contributed by atoms with Crippen LogP contribution in [0.5, 0.6) is 0 Å². The van der Waals surface area contributed by atoms with Crippen molar-refractivity contribution in [3.05, 3.63) is 47.4 Å². The van der Waals surface area contributed by atoms with Gasteiger partial charge in [-0.2, -0.15) is 4.31 Å². The maximum absolute atomic E-state index is 13.1. The number of amides is 1. The number of piperidine rings is 1. The van der Waals surface area contributed by atoms with Crippen LogP contribution >= 0.6 is 23.4 Å². The summed E-state index contributed by atoms with van der Waals surface area (Å²) in [4.78, 5) is 16.7. The van der Waals surface area contributed by atoms with Crippen molar-refractivity contribution in [2.75, 3.05) is 18.4 Å². The Balaban J connectivity index is 1.63. The minimum Gasteiger partial charge on any atom is -0.324 e. The smallest absolute Gasteiger partial charge is 0.244 e. The van der Waals surface area contributed by atoms with E-state index < -0.39 is 21.1 Å². The van der Waals surface area contributed by atoms with Crippen molar-refractivity contribution >= 4 is 45.0 Å². The molecule has 0 spiro atoms. The monoisotopic (exact) mass is 457 g/mol. The highest BCUT2D eigenvalue weighted by Crippen LogP contribution is 2.27. The summed E-state index contributed by atoms with van der Waals surface area (Å²) in [6, 6.07) is 6.84. The summed E-state index contributed by atoms with van der Waals surface area (Å²) < 4.78 is 39.9. The molecule has 29 heavy (non-hydrogen) atoms. The van der Waals surface area contributed by atoms with Crippen molar-refractivity contribution < 1.29 is 17.6 Å². The third-order valence-corrected chi connectivity index (χ3v) is 7.76. The molecular formula is C19H21ClFN3O3S2. The highest BCUT2D eigenvalue weighted by Gasteiger charge is 2.26. The zero-order valence-electron chi connectivity index (χ0n) is 15.8. The second-order valence-corrected chi connectivity index (χ2v) is 10.4. The molecule has 1 saturated heterocycles. The molecule has 1 atom stereocenters. The van der Waals surface area contributed by atoms with Gasteiger partial charge in [-0.25, -0.2) is 17.8 Å². The van der Waals surface area contributed by atoms with Crippen molar-refractivity contribution in [3.8, 4) is 0 Å². The average molecular weight is 458 g/mol. The van der Waals surface area contributed by atoms with Gasteiger partial charge in [0.15, 0.2) is 0 Å². The molecular weight excluding hydrogens is 437 g/mol. The molecule has 1 N–H and O–H groups in total. The predicted octanol–water partition coefficient (Wildman–Crippen LogP) is 4.17. The Hall–Kier alpha value is -1.68. The molecule has 1 unspecified atom stereocenters. The van der Waals surface area contributed by atoms with Gasteiger partial charge >= 0.3 is 0 Å². The highest BCUT2D eigenvalue weighted by molar-refractivity contribution is 8.00. The van der Waals surface area contributed by atoms with E-state index in [-0.39, 0.29) is 15.8 Å². The van der Waals surface area contributed by atoms with Crippen molar-refractivity contribution in [1.29, 1.82) is 0 Å². The summed E-state index contributed by atoms with van der Waals surface area (Å²) in [6.07, 6.45) is 4.10. The molecule has 2 aromatic rings. The molecule has 2 heterocycles. The zero-order valence-corrected chi connectivity index (χ0v) is 18.2. The standard InChI is InChI=1S/C19H21ClFN3O3S2/c1-13(19(25)23-17-7-5-14(21)11-16(17)20)28-18-8-6-15(12-22-18)29(26,27)24-9-3-2-4-10-24/h5-8,11-13H,2-4,9-10H2,1H3,(H,23,25). The number of thioether (sulfide) groups is 1. The van der Waals surface area contributed by atoms with Crippen LogP contribution in [0.2, 0.25) is 5.02 Å². The lowest BCUT2D eigenvalue weighted by Crippen LogP contribution is -2.35. The van der Waals surface area contributed by atoms with E-state index in [9.17, 15) is 17.6 Å². The Morgan fingerprint density at radius 2 is 1.97 bits per heavy atom. The Kier molecular flexibility index (Phi) is 7.15. The van der Waals surface area contributed by atoms with Crippen LogP contribution < -0.4 is 5.32 Å². The van der Waals surface area contributed by atoms with Gasteiger partial charge in [-0.05, 0) is 50.1 Å². The van der Waals surface area contributed by atoms with E-state index in [0.29, 0.717) is 23.8 Å². The van der Waals surface area contributed by atoms with E-state index in [0.717, 1.165) is 25.3 Å². The van der Waals surface area contributed by atoms with Crippen molar-refractivity contribution in [1.82, 2.24) is 9.29 Å². The first-order valence-electron chi connectivity index (χ1n) is 9.16. The topological polar surface area (TPSA) is 79.4 Å². The number of rotatable bonds is 6. The molecule has 0 aliphatic carbocycles. The normalized spacial score (nSPS) is 16.4. The van der Waals surface area contributed by atoms with Crippen LogP contribution in [0.3, 0.4) is 0 Å². The number of benzene rings is 1. The summed E-state index contributed by atoms with van der Waals surface area (Å²) in [5, 5.41) is 2.76. The second kappa shape index (κ2) is 9.42. The molecule has 0 bridgehead atoms. The quantitative estimate of drug-likeness (QED) is 0.658. The Morgan fingerprint density at radius 3 is 2.59 bits per heavy atom. The predicted molar refractivity (Wildman–Crippen MR) is 112 cm³/mol. The molecule has 156 valence electrons. The van der Waals surface area contributed by atoms with Crippen molar-refractivity contribution in [2.45, 2.75) is 41.4 Å². The molecule has 10 heteroatoms. The number of anilines is 1. The van der Waals surface area contributed by atoms with Crippen LogP contribution in [0.4, 0.5) is 10.1 Å². The van der Waals surface area contributed by atoms with Gasteiger partial charge in [-0.3, -0.25) is 4.79 Å². The maximum atomic E-state index is 13.1. The fourth-order valence-electron chi connectivity index (χ4n) is 2.90. The van der Waals surface area contributed by atoms with E-state index >= 15 is 0 Å². The van der Waals surface area contributed by atoms with Crippen LogP contribution in [0, 0.1) is 5.82 Å². The van der Waals surface area contributed by atoms with E-state index in [4.69, 9.17) is 11.6 Å². The van der Waals surface area contributed by atoms with E-state index in [2.05, 4.69) is 10.3 Å². The van der Waals surface area contributed by atoms with Gasteiger partial charge in [0, 0.05) is 19.3 Å². The van der Waals surface area contributed by atoms with Crippen molar-refractivity contribution in [3.63, 3.8) is 0 Å². The number of aromatic nitrogens is 1. The highest BCUT2D eigenvalue weighted by atomic mass is 35.5. The van der Waals surface area contributed by atoms with Gasteiger partial charge in [0.1, 0.15) is 10.7 Å². The summed E-state index contributed by atoms with van der Waals surface area (Å²) in [6.45, 7) is 2.75. The van der Waals surface area contributed by atoms with Gasteiger partial charge in [-0.1, -0.05) is 29.8 Å². The van der Waals surface area contributed by atoms with E-state index in [1.165, 1.54) is 40.5 Å². The van der Waals surface area contributed by atoms with Crippen LogP contribution in [0.1, 0.15) is 26.2 Å². The lowest BCUT2D eigenvalue weighted by atomic mass is 10.2. The first-order chi connectivity index (χ1) is 13.8. The first-order valence-corrected chi connectivity index (χ1v) is 11.9. The number of carbonyl (C=O) groups excluding carboxylic acids is 1. The Bertz CT molecular complexity index is 981. The summed E-state index contributed by atoms with van der Waals surface area (Å²) in [5.41, 5.74) is 0.321. The molecule has 1 aromatic carbocycles. The summed E-state index contributed by atoms with van der Waals surface area (Å²) in [7, 11) is -3.54. The van der Waals surface area contributed by atoms with Gasteiger partial charge in [0.2, 0.25) is 15.9 Å². The third kappa shape index (κ3) is 5.48. The number of sulfonamides is 1. The van der Waals surface area contributed by atoms with Crippen LogP contribution in [0.15, 0.2) is 46.5 Å². The summed E-state index contributed by atoms with van der Waals surface area (Å²) in [5.74, 6) is -0.811. The molecule has 1 aromatic heterocycles. The lowest BCUT2D eigenvalue weighted by molar-refractivity contribution is -0.115. The minimum absolute atomic E-state index is 0.112. The molecule has 1 amide bonds. The van der Waals surface area contributed by atoms with Gasteiger partial charge in [-0.15, -0.1) is 0 Å². The maximum Gasteiger partial charge on any atom is 0.244 e. The fraction of sp³-hybridized carbons (Fsp3) is 0.368. The van der Waals surface area contributed by atoms with Gasteiger partial charge < -0.3 is 5.32 Å². The zero-order chi connectivity index (χ0) is 21.0. The number of nitrogens with zero attached hydrogens (tertiary/aromatic N) is 2. The number of nitrogens with one attached hydrogen (secondary N) is 1. The lowest BCUT2D eigenvalue weighted by Gasteiger charge is -2.25. The molecule has 1 aliphatic heterocycles. The molecule has 1 aliphatic rings. The molecule has 0 saturated carbocycles. The van der Waals surface area contributed by atoms with Crippen LogP contribution in [0.25, 0.3) is 0 Å². The van der Waals surface area contributed by atoms with Crippen LogP contribution in [-0.4, -0.2) is 42.0 Å². The van der Waals surface area contributed by atoms with E-state index in [1.807, 2.05) is 0 Å². The SMILES string of the molecule is CC(Sc1ccc(S(=O)(=O)N2CCCCC2)cn1)C(=O)Nc1ccc(F)cc1Cl. The van der Waals surface area contributed by atoms with Crippen LogP contribution in [-0.2, 0) is 14.8 Å². The second-order valence-electron chi connectivity index (χ2n) is 6.67. The van der Waals surface area contributed by atoms with E-state index in [1.54, 1.807) is 13.0 Å². The molecule has 1 fully saturated rings. The Labute approximate surface area is 178 Å². The number of hydrogen-bond acceptors (Lipinski definition) is 5. The Morgan fingerprint density at radius 1 is 1.24 bits per heavy atom. The largest absolute Gasteiger partial charge is 0.324 e. The molecule has 6 nitrogen and oxygen atoms in total. The first kappa shape index (κ1) is 22.0. The van der Waals surface area contributed by atoms with Crippen molar-refractivity contribution in [2.24, 2.45) is 0 Å². The third-order valence-electron chi connectivity index (χ3n) is 4.52. The number of pyridine rings is 1. The number of carbonyl (C=O) groups is 1. The van der Waals surface area contributed by atoms with Gasteiger partial charge in [0.05, 0.1) is 21.0 Å². The molecule has 0 radical (unpaired) electrons. The average Bonchev–Trinajstić information content (AvgIpc) is 2.71. The summed E-state index contributed by atoms with van der Waals surface area (Å²) >= 11 is 7.11. The number of hydrogen-bond donors (Lipinski definition) is 1. The molecule has 3 rings (SSSR count). The minimum atomic E-state index is -3.54. The fourth-order valence-corrected chi connectivity index (χ4v) is 5.37.